The van der Waals surface area contributed by atoms with E-state index in [1.807, 2.05) is 30.3 Å². The first-order chi connectivity index (χ1) is 12.0. The fourth-order valence-electron chi connectivity index (χ4n) is 2.80. The first-order valence-electron chi connectivity index (χ1n) is 8.06. The van der Waals surface area contributed by atoms with Crippen molar-refractivity contribution >= 4 is 11.9 Å². The van der Waals surface area contributed by atoms with Crippen molar-refractivity contribution in [2.75, 3.05) is 19.7 Å². The van der Waals surface area contributed by atoms with Crippen LogP contribution in [0.3, 0.4) is 0 Å². The summed E-state index contributed by atoms with van der Waals surface area (Å²) in [5.74, 6) is -0.567. The van der Waals surface area contributed by atoms with Gasteiger partial charge in [0.2, 0.25) is 0 Å². The van der Waals surface area contributed by atoms with E-state index in [1.165, 1.54) is 6.20 Å². The molecular weight excluding hydrogens is 322 g/mol. The molecule has 1 unspecified atom stereocenters. The van der Waals surface area contributed by atoms with Crippen molar-refractivity contribution in [2.45, 2.75) is 19.4 Å². The lowest BCUT2D eigenvalue weighted by atomic mass is 10.1. The Morgan fingerprint density at radius 1 is 1.32 bits per heavy atom. The van der Waals surface area contributed by atoms with Crippen LogP contribution in [-0.4, -0.2) is 57.7 Å². The van der Waals surface area contributed by atoms with Crippen LogP contribution < -0.4 is 0 Å². The molecule has 1 N–H and O–H groups in total. The van der Waals surface area contributed by atoms with Gasteiger partial charge >= 0.3 is 5.97 Å². The quantitative estimate of drug-likeness (QED) is 0.911. The molecule has 1 aromatic heterocycles. The van der Waals surface area contributed by atoms with E-state index in [1.54, 1.807) is 11.8 Å². The number of hydrogen-bond donors (Lipinski definition) is 1. The molecule has 2 heterocycles. The summed E-state index contributed by atoms with van der Waals surface area (Å²) >= 11 is 0. The molecule has 25 heavy (non-hydrogen) atoms. The van der Waals surface area contributed by atoms with Gasteiger partial charge in [0.1, 0.15) is 0 Å². The van der Waals surface area contributed by atoms with Gasteiger partial charge in [-0.15, -0.1) is 0 Å². The number of ether oxygens (including phenoxy) is 1. The Kier molecular flexibility index (Phi) is 5.04. The van der Waals surface area contributed by atoms with Gasteiger partial charge in [0, 0.05) is 24.8 Å². The number of aryl methyl sites for hydroxylation is 1. The highest BCUT2D eigenvalue weighted by molar-refractivity contribution is 5.95. The van der Waals surface area contributed by atoms with Crippen LogP contribution in [0.15, 0.2) is 36.5 Å². The predicted molar refractivity (Wildman–Crippen MR) is 90.1 cm³/mol. The molecule has 1 aliphatic rings. The lowest BCUT2D eigenvalue weighted by molar-refractivity contribution is -0.141. The Labute approximate surface area is 145 Å². The second-order valence-corrected chi connectivity index (χ2v) is 5.90. The molecule has 1 aromatic carbocycles. The van der Waals surface area contributed by atoms with Gasteiger partial charge in [0.05, 0.1) is 30.4 Å². The van der Waals surface area contributed by atoms with Crippen LogP contribution in [-0.2, 0) is 9.53 Å². The number of aliphatic carboxylic acids is 1. The summed E-state index contributed by atoms with van der Waals surface area (Å²) in [7, 11) is 0. The summed E-state index contributed by atoms with van der Waals surface area (Å²) in [5.41, 5.74) is 1.91. The van der Waals surface area contributed by atoms with E-state index < -0.39 is 12.1 Å². The molecule has 7 heteroatoms. The van der Waals surface area contributed by atoms with Gasteiger partial charge in [-0.25, -0.2) is 9.97 Å². The van der Waals surface area contributed by atoms with Gasteiger partial charge in [-0.3, -0.25) is 9.59 Å². The van der Waals surface area contributed by atoms with Crippen molar-refractivity contribution in [1.82, 2.24) is 14.9 Å². The maximum absolute atomic E-state index is 12.7. The summed E-state index contributed by atoms with van der Waals surface area (Å²) in [6, 6.07) is 9.55. The van der Waals surface area contributed by atoms with Crippen LogP contribution in [0.4, 0.5) is 0 Å². The highest BCUT2D eigenvalue weighted by atomic mass is 16.5. The molecule has 0 aliphatic carbocycles. The minimum Gasteiger partial charge on any atom is -0.481 e. The number of aromatic nitrogens is 2. The SMILES string of the molecule is Cc1nc(-c2ccccc2)ncc1C(=O)N1CCOC(CC(=O)O)C1. The molecule has 1 saturated heterocycles. The maximum atomic E-state index is 12.7. The van der Waals surface area contributed by atoms with Crippen molar-refractivity contribution in [3.8, 4) is 11.4 Å². The number of amides is 1. The molecule has 2 aromatic rings. The number of rotatable bonds is 4. The van der Waals surface area contributed by atoms with Crippen molar-refractivity contribution in [3.05, 3.63) is 47.8 Å². The van der Waals surface area contributed by atoms with Gasteiger partial charge in [-0.2, -0.15) is 0 Å². The number of benzene rings is 1. The third-order valence-electron chi connectivity index (χ3n) is 4.07. The summed E-state index contributed by atoms with van der Waals surface area (Å²) in [4.78, 5) is 33.9. The number of morpholine rings is 1. The molecule has 1 aliphatic heterocycles. The molecule has 0 saturated carbocycles. The largest absolute Gasteiger partial charge is 0.481 e. The molecule has 130 valence electrons. The first-order valence-corrected chi connectivity index (χ1v) is 8.06. The molecule has 0 spiro atoms. The summed E-state index contributed by atoms with van der Waals surface area (Å²) in [5, 5.41) is 8.89. The summed E-state index contributed by atoms with van der Waals surface area (Å²) < 4.78 is 5.41. The Bertz CT molecular complexity index is 779. The summed E-state index contributed by atoms with van der Waals surface area (Å²) in [6.45, 7) is 2.78. The van der Waals surface area contributed by atoms with Gasteiger partial charge in [0.25, 0.3) is 5.91 Å². The maximum Gasteiger partial charge on any atom is 0.306 e. The van der Waals surface area contributed by atoms with E-state index in [2.05, 4.69) is 9.97 Å². The Morgan fingerprint density at radius 2 is 2.08 bits per heavy atom. The molecule has 3 rings (SSSR count). The Morgan fingerprint density at radius 3 is 2.76 bits per heavy atom. The molecular formula is C18H19N3O4. The van der Waals surface area contributed by atoms with Gasteiger partial charge in [-0.05, 0) is 6.92 Å². The highest BCUT2D eigenvalue weighted by Crippen LogP contribution is 2.18. The zero-order valence-corrected chi connectivity index (χ0v) is 13.9. The second-order valence-electron chi connectivity index (χ2n) is 5.90. The van der Waals surface area contributed by atoms with E-state index in [0.717, 1.165) is 5.56 Å². The van der Waals surface area contributed by atoms with Crippen molar-refractivity contribution in [1.29, 1.82) is 0 Å². The topological polar surface area (TPSA) is 92.6 Å². The van der Waals surface area contributed by atoms with Gasteiger partial charge < -0.3 is 14.7 Å². The minimum atomic E-state index is -0.939. The van der Waals surface area contributed by atoms with E-state index in [-0.39, 0.29) is 18.9 Å². The van der Waals surface area contributed by atoms with Crippen LogP contribution in [0.25, 0.3) is 11.4 Å². The Hall–Kier alpha value is -2.80. The zero-order chi connectivity index (χ0) is 17.8. The molecule has 1 fully saturated rings. The van der Waals surface area contributed by atoms with Gasteiger partial charge in [0.15, 0.2) is 5.82 Å². The highest BCUT2D eigenvalue weighted by Gasteiger charge is 2.27. The van der Waals surface area contributed by atoms with Crippen molar-refractivity contribution in [2.24, 2.45) is 0 Å². The van der Waals surface area contributed by atoms with E-state index in [4.69, 9.17) is 9.84 Å². The second kappa shape index (κ2) is 7.40. The monoisotopic (exact) mass is 341 g/mol. The van der Waals surface area contributed by atoms with Crippen LogP contribution in [0, 0.1) is 6.92 Å². The molecule has 7 nitrogen and oxygen atoms in total. The third-order valence-corrected chi connectivity index (χ3v) is 4.07. The van der Waals surface area contributed by atoms with Crippen LogP contribution in [0.2, 0.25) is 0 Å². The van der Waals surface area contributed by atoms with Gasteiger partial charge in [-0.1, -0.05) is 30.3 Å². The first kappa shape index (κ1) is 17.0. The molecule has 0 radical (unpaired) electrons. The summed E-state index contributed by atoms with van der Waals surface area (Å²) in [6.07, 6.45) is 0.931. The number of carboxylic acids is 1. The smallest absolute Gasteiger partial charge is 0.306 e. The van der Waals surface area contributed by atoms with Crippen LogP contribution in [0.5, 0.6) is 0 Å². The standard InChI is InChI=1S/C18H19N3O4/c1-12-15(10-19-17(20-12)13-5-3-2-4-6-13)18(24)21-7-8-25-14(11-21)9-16(22)23/h2-6,10,14H,7-9,11H2,1H3,(H,22,23). The number of carbonyl (C=O) groups is 2. The van der Waals surface area contributed by atoms with E-state index in [0.29, 0.717) is 30.2 Å². The third kappa shape index (κ3) is 4.00. The van der Waals surface area contributed by atoms with Crippen molar-refractivity contribution in [3.63, 3.8) is 0 Å². The van der Waals surface area contributed by atoms with Crippen LogP contribution >= 0.6 is 0 Å². The number of hydrogen-bond acceptors (Lipinski definition) is 5. The average Bonchev–Trinajstić information content (AvgIpc) is 2.61. The fourth-order valence-corrected chi connectivity index (χ4v) is 2.80. The number of nitrogens with zero attached hydrogens (tertiary/aromatic N) is 3. The lowest BCUT2D eigenvalue weighted by Crippen LogP contribution is -2.46. The van der Waals surface area contributed by atoms with Crippen molar-refractivity contribution < 1.29 is 19.4 Å². The van der Waals surface area contributed by atoms with E-state index >= 15 is 0 Å². The molecule has 1 amide bonds. The average molecular weight is 341 g/mol. The normalized spacial score (nSPS) is 17.3. The molecule has 0 bridgehead atoms. The number of carboxylic acid groups (broad SMARTS) is 1. The predicted octanol–water partition coefficient (Wildman–Crippen LogP) is 1.77. The lowest BCUT2D eigenvalue weighted by Gasteiger charge is -2.32. The fraction of sp³-hybridized carbons (Fsp3) is 0.333. The number of carbonyl (C=O) groups excluding carboxylic acids is 1. The van der Waals surface area contributed by atoms with E-state index in [9.17, 15) is 9.59 Å². The van der Waals surface area contributed by atoms with Crippen LogP contribution in [0.1, 0.15) is 22.5 Å². The molecule has 1 atom stereocenters. The Balaban J connectivity index is 1.77. The zero-order valence-electron chi connectivity index (χ0n) is 13.9. The minimum absolute atomic E-state index is 0.119.